The number of piperidine rings is 1. The molecule has 21 heavy (non-hydrogen) atoms. The lowest BCUT2D eigenvalue weighted by Gasteiger charge is -2.29. The van der Waals surface area contributed by atoms with E-state index in [1.807, 2.05) is 6.92 Å². The lowest BCUT2D eigenvalue weighted by Crippen LogP contribution is -2.50. The molecule has 0 bridgehead atoms. The lowest BCUT2D eigenvalue weighted by molar-refractivity contribution is -0.385. The van der Waals surface area contributed by atoms with E-state index in [0.29, 0.717) is 6.54 Å². The Morgan fingerprint density at radius 1 is 1.43 bits per heavy atom. The molecule has 0 spiro atoms. The van der Waals surface area contributed by atoms with Gasteiger partial charge in [0.25, 0.3) is 5.69 Å². The van der Waals surface area contributed by atoms with Crippen molar-refractivity contribution in [2.45, 2.75) is 24.3 Å². The molecule has 2 N–H and O–H groups in total. The Morgan fingerprint density at radius 2 is 2.14 bits per heavy atom. The Labute approximate surface area is 129 Å². The van der Waals surface area contributed by atoms with Crippen molar-refractivity contribution in [3.63, 3.8) is 0 Å². The summed E-state index contributed by atoms with van der Waals surface area (Å²) in [6.07, 6.45) is 0.891. The summed E-state index contributed by atoms with van der Waals surface area (Å²) in [5.74, 6) is 0.227. The number of non-ortho nitro benzene ring substituents is 1. The summed E-state index contributed by atoms with van der Waals surface area (Å²) in [6, 6.07) is 4.87. The molecule has 0 radical (unpaired) electrons. The van der Waals surface area contributed by atoms with Crippen molar-refractivity contribution >= 4 is 28.1 Å². The van der Waals surface area contributed by atoms with Crippen LogP contribution < -0.4 is 10.0 Å². The Balaban J connectivity index is 0.00000220. The van der Waals surface area contributed by atoms with Crippen molar-refractivity contribution in [2.24, 2.45) is 5.92 Å². The minimum absolute atomic E-state index is 0. The highest BCUT2D eigenvalue weighted by atomic mass is 35.5. The predicted molar refractivity (Wildman–Crippen MR) is 81.1 cm³/mol. The summed E-state index contributed by atoms with van der Waals surface area (Å²) < 4.78 is 27.1. The molecule has 0 amide bonds. The molecule has 2 rings (SSSR count). The zero-order chi connectivity index (χ0) is 14.8. The molecule has 1 aromatic rings. The zero-order valence-electron chi connectivity index (χ0n) is 11.5. The third-order valence-corrected chi connectivity index (χ3v) is 4.96. The van der Waals surface area contributed by atoms with Crippen LogP contribution in [0.3, 0.4) is 0 Å². The van der Waals surface area contributed by atoms with Gasteiger partial charge in [0.15, 0.2) is 0 Å². The monoisotopic (exact) mass is 335 g/mol. The molecule has 1 heterocycles. The van der Waals surface area contributed by atoms with Crippen LogP contribution in [0.1, 0.15) is 13.3 Å². The van der Waals surface area contributed by atoms with E-state index in [9.17, 15) is 18.5 Å². The van der Waals surface area contributed by atoms with E-state index >= 15 is 0 Å². The van der Waals surface area contributed by atoms with Gasteiger partial charge in [0.2, 0.25) is 10.0 Å². The number of nitrogens with one attached hydrogen (secondary N) is 2. The molecule has 1 saturated heterocycles. The second kappa shape index (κ2) is 7.17. The quantitative estimate of drug-likeness (QED) is 0.637. The van der Waals surface area contributed by atoms with E-state index in [4.69, 9.17) is 0 Å². The summed E-state index contributed by atoms with van der Waals surface area (Å²) in [5, 5.41) is 13.8. The van der Waals surface area contributed by atoms with E-state index in [-0.39, 0.29) is 34.9 Å². The van der Waals surface area contributed by atoms with Gasteiger partial charge in [-0.05, 0) is 24.9 Å². The fourth-order valence-electron chi connectivity index (χ4n) is 2.18. The molecule has 9 heteroatoms. The van der Waals surface area contributed by atoms with Gasteiger partial charge in [-0.25, -0.2) is 13.1 Å². The number of benzene rings is 1. The van der Waals surface area contributed by atoms with Gasteiger partial charge >= 0.3 is 0 Å². The second-order valence-corrected chi connectivity index (χ2v) is 6.67. The van der Waals surface area contributed by atoms with Crippen LogP contribution in [-0.4, -0.2) is 32.5 Å². The van der Waals surface area contributed by atoms with Crippen LogP contribution in [0.5, 0.6) is 0 Å². The van der Waals surface area contributed by atoms with Crippen molar-refractivity contribution in [1.82, 2.24) is 10.0 Å². The topological polar surface area (TPSA) is 101 Å². The Morgan fingerprint density at radius 3 is 2.76 bits per heavy atom. The van der Waals surface area contributed by atoms with Crippen LogP contribution in [0, 0.1) is 16.0 Å². The molecule has 1 fully saturated rings. The van der Waals surface area contributed by atoms with Crippen LogP contribution in [-0.2, 0) is 10.0 Å². The molecule has 2 unspecified atom stereocenters. The van der Waals surface area contributed by atoms with Crippen LogP contribution in [0.4, 0.5) is 5.69 Å². The SMILES string of the molecule is CC1CCNCC1NS(=O)(=O)c1cccc([N+](=O)[O-])c1.Cl. The van der Waals surface area contributed by atoms with Crippen LogP contribution in [0.25, 0.3) is 0 Å². The first kappa shape index (κ1) is 17.8. The van der Waals surface area contributed by atoms with Gasteiger partial charge in [0.1, 0.15) is 0 Å². The van der Waals surface area contributed by atoms with Gasteiger partial charge in [0.05, 0.1) is 9.82 Å². The maximum absolute atomic E-state index is 12.3. The van der Waals surface area contributed by atoms with Crippen LogP contribution >= 0.6 is 12.4 Å². The number of hydrogen-bond acceptors (Lipinski definition) is 5. The van der Waals surface area contributed by atoms with Crippen LogP contribution in [0.15, 0.2) is 29.2 Å². The zero-order valence-corrected chi connectivity index (χ0v) is 13.1. The minimum Gasteiger partial charge on any atom is -0.315 e. The number of rotatable bonds is 4. The van der Waals surface area contributed by atoms with Crippen molar-refractivity contribution in [3.05, 3.63) is 34.4 Å². The highest BCUT2D eigenvalue weighted by Crippen LogP contribution is 2.19. The summed E-state index contributed by atoms with van der Waals surface area (Å²) in [7, 11) is -3.74. The summed E-state index contributed by atoms with van der Waals surface area (Å²) in [4.78, 5) is 10.0. The average molecular weight is 336 g/mol. The maximum atomic E-state index is 12.3. The van der Waals surface area contributed by atoms with Crippen molar-refractivity contribution in [2.75, 3.05) is 13.1 Å². The number of nitrogens with zero attached hydrogens (tertiary/aromatic N) is 1. The largest absolute Gasteiger partial charge is 0.315 e. The summed E-state index contributed by atoms with van der Waals surface area (Å²) in [5.41, 5.74) is -0.234. The van der Waals surface area contributed by atoms with E-state index in [1.165, 1.54) is 18.2 Å². The molecule has 118 valence electrons. The van der Waals surface area contributed by atoms with Gasteiger partial charge in [-0.1, -0.05) is 13.0 Å². The van der Waals surface area contributed by atoms with E-state index in [0.717, 1.165) is 19.0 Å². The molecule has 0 aliphatic carbocycles. The molecule has 2 atom stereocenters. The average Bonchev–Trinajstić information content (AvgIpc) is 2.41. The smallest absolute Gasteiger partial charge is 0.270 e. The first-order valence-electron chi connectivity index (χ1n) is 6.37. The van der Waals surface area contributed by atoms with Gasteiger partial charge in [-0.2, -0.15) is 0 Å². The lowest BCUT2D eigenvalue weighted by atomic mass is 9.96. The number of nitro groups is 1. The standard InChI is InChI=1S/C12H17N3O4S.ClH/c1-9-5-6-13-8-12(9)14-20(18,19)11-4-2-3-10(7-11)15(16)17;/h2-4,7,9,12-14H,5-6,8H2,1H3;1H. The third kappa shape index (κ3) is 4.37. The fraction of sp³-hybridized carbons (Fsp3) is 0.500. The highest BCUT2D eigenvalue weighted by molar-refractivity contribution is 7.89. The molecule has 1 aliphatic heterocycles. The number of halogens is 1. The van der Waals surface area contributed by atoms with Gasteiger partial charge in [-0.3, -0.25) is 10.1 Å². The number of nitro benzene ring substituents is 1. The molecule has 1 aromatic carbocycles. The van der Waals surface area contributed by atoms with Crippen molar-refractivity contribution < 1.29 is 13.3 Å². The molecule has 0 aromatic heterocycles. The van der Waals surface area contributed by atoms with Gasteiger partial charge in [-0.15, -0.1) is 12.4 Å². The fourth-order valence-corrected chi connectivity index (χ4v) is 3.56. The molecular weight excluding hydrogens is 318 g/mol. The normalized spacial score (nSPS) is 22.3. The number of hydrogen-bond donors (Lipinski definition) is 2. The molecule has 0 saturated carbocycles. The van der Waals surface area contributed by atoms with Gasteiger partial charge < -0.3 is 5.32 Å². The first-order chi connectivity index (χ1) is 9.40. The minimum atomic E-state index is -3.74. The maximum Gasteiger partial charge on any atom is 0.270 e. The van der Waals surface area contributed by atoms with E-state index in [2.05, 4.69) is 10.0 Å². The van der Waals surface area contributed by atoms with E-state index < -0.39 is 14.9 Å². The Hall–Kier alpha value is -1.22. The Bertz CT molecular complexity index is 608. The predicted octanol–water partition coefficient (Wildman–Crippen LogP) is 1.29. The molecular formula is C12H18ClN3O4S. The van der Waals surface area contributed by atoms with Crippen molar-refractivity contribution in [3.8, 4) is 0 Å². The van der Waals surface area contributed by atoms with E-state index in [1.54, 1.807) is 0 Å². The summed E-state index contributed by atoms with van der Waals surface area (Å²) in [6.45, 7) is 3.42. The molecule has 7 nitrogen and oxygen atoms in total. The molecule has 1 aliphatic rings. The first-order valence-corrected chi connectivity index (χ1v) is 7.86. The Kier molecular flexibility index (Phi) is 6.09. The van der Waals surface area contributed by atoms with Crippen LogP contribution in [0.2, 0.25) is 0 Å². The third-order valence-electron chi connectivity index (χ3n) is 3.47. The van der Waals surface area contributed by atoms with Gasteiger partial charge in [0, 0.05) is 24.7 Å². The second-order valence-electron chi connectivity index (χ2n) is 4.95. The highest BCUT2D eigenvalue weighted by Gasteiger charge is 2.27. The van der Waals surface area contributed by atoms with Crippen molar-refractivity contribution in [1.29, 1.82) is 0 Å². The summed E-state index contributed by atoms with van der Waals surface area (Å²) >= 11 is 0. The number of sulfonamides is 1.